The number of aryl methyl sites for hydroxylation is 1. The third-order valence-corrected chi connectivity index (χ3v) is 3.57. The minimum Gasteiger partial charge on any atom is -0.490 e. The van der Waals surface area contributed by atoms with Crippen molar-refractivity contribution >= 4 is 11.8 Å². The number of amides is 2. The molecule has 2 N–H and O–H groups in total. The fourth-order valence-electron chi connectivity index (χ4n) is 2.42. The quantitative estimate of drug-likeness (QED) is 0.748. The molecular weight excluding hydrogens is 332 g/mol. The van der Waals surface area contributed by atoms with Crippen LogP contribution in [0, 0.1) is 6.92 Å². The van der Waals surface area contributed by atoms with Crippen molar-refractivity contribution in [3.05, 3.63) is 59.2 Å². The Balaban J connectivity index is 1.94. The molecule has 0 bridgehead atoms. The Morgan fingerprint density at radius 2 is 1.65 bits per heavy atom. The molecule has 0 aliphatic rings. The molecule has 6 heteroatoms. The molecule has 2 amide bonds. The molecule has 0 aromatic heterocycles. The van der Waals surface area contributed by atoms with Crippen LogP contribution in [0.2, 0.25) is 0 Å². The average molecular weight is 356 g/mol. The first-order chi connectivity index (χ1) is 12.5. The Kier molecular flexibility index (Phi) is 7.02. The van der Waals surface area contributed by atoms with E-state index in [1.165, 1.54) is 0 Å². The zero-order chi connectivity index (χ0) is 18.9. The van der Waals surface area contributed by atoms with E-state index in [1.807, 2.05) is 26.8 Å². The van der Waals surface area contributed by atoms with Gasteiger partial charge in [0.05, 0.1) is 19.6 Å². The molecule has 0 unspecified atom stereocenters. The number of carbonyl (C=O) groups is 2. The molecule has 0 spiro atoms. The Bertz CT molecular complexity index is 774. The molecule has 0 heterocycles. The molecule has 0 aliphatic carbocycles. The summed E-state index contributed by atoms with van der Waals surface area (Å²) in [4.78, 5) is 24.1. The minimum atomic E-state index is -0.358. The molecular formula is C20H24N2O4. The predicted octanol–water partition coefficient (Wildman–Crippen LogP) is 2.80. The van der Waals surface area contributed by atoms with Crippen LogP contribution in [0.5, 0.6) is 11.5 Å². The third-order valence-electron chi connectivity index (χ3n) is 3.57. The van der Waals surface area contributed by atoms with E-state index < -0.39 is 0 Å². The lowest BCUT2D eigenvalue weighted by Gasteiger charge is -2.12. The maximum atomic E-state index is 12.1. The second kappa shape index (κ2) is 9.46. The van der Waals surface area contributed by atoms with Crippen molar-refractivity contribution in [2.45, 2.75) is 27.2 Å². The van der Waals surface area contributed by atoms with Gasteiger partial charge in [0.2, 0.25) is 5.91 Å². The van der Waals surface area contributed by atoms with E-state index in [-0.39, 0.29) is 18.2 Å². The van der Waals surface area contributed by atoms with Gasteiger partial charge < -0.3 is 9.47 Å². The summed E-state index contributed by atoms with van der Waals surface area (Å²) in [5, 5.41) is 0. The zero-order valence-electron chi connectivity index (χ0n) is 15.3. The molecule has 2 aromatic rings. The van der Waals surface area contributed by atoms with E-state index in [0.29, 0.717) is 30.3 Å². The first-order valence-electron chi connectivity index (χ1n) is 8.57. The molecule has 2 rings (SSSR count). The van der Waals surface area contributed by atoms with E-state index in [1.54, 1.807) is 36.4 Å². The van der Waals surface area contributed by atoms with Gasteiger partial charge in [0, 0.05) is 5.56 Å². The van der Waals surface area contributed by atoms with Crippen LogP contribution < -0.4 is 20.3 Å². The highest BCUT2D eigenvalue weighted by Crippen LogP contribution is 2.28. The third kappa shape index (κ3) is 5.51. The summed E-state index contributed by atoms with van der Waals surface area (Å²) in [5.74, 6) is 0.566. The standard InChI is InChI=1S/C20H24N2O4/c1-4-25-17-10-9-15(12-18(17)26-5-2)13-19(23)21-22-20(24)16-8-6-7-14(3)11-16/h6-12H,4-5,13H2,1-3H3,(H,21,23)(H,22,24). The van der Waals surface area contributed by atoms with Crippen molar-refractivity contribution in [1.82, 2.24) is 10.9 Å². The lowest BCUT2D eigenvalue weighted by molar-refractivity contribution is -0.121. The highest BCUT2D eigenvalue weighted by Gasteiger charge is 2.11. The Morgan fingerprint density at radius 1 is 0.923 bits per heavy atom. The van der Waals surface area contributed by atoms with Crippen molar-refractivity contribution in [2.24, 2.45) is 0 Å². The molecule has 0 aliphatic heterocycles. The maximum Gasteiger partial charge on any atom is 0.269 e. The highest BCUT2D eigenvalue weighted by atomic mass is 16.5. The van der Waals surface area contributed by atoms with Crippen LogP contribution in [-0.4, -0.2) is 25.0 Å². The molecule has 2 aromatic carbocycles. The average Bonchev–Trinajstić information content (AvgIpc) is 2.62. The molecule has 0 fully saturated rings. The Labute approximate surface area is 153 Å². The molecule has 6 nitrogen and oxygen atoms in total. The molecule has 138 valence electrons. The van der Waals surface area contributed by atoms with Crippen molar-refractivity contribution in [3.8, 4) is 11.5 Å². The monoisotopic (exact) mass is 356 g/mol. The van der Waals surface area contributed by atoms with Gasteiger partial charge in [-0.3, -0.25) is 20.4 Å². The van der Waals surface area contributed by atoms with Gasteiger partial charge in [0.1, 0.15) is 0 Å². The van der Waals surface area contributed by atoms with Gasteiger partial charge in [0.15, 0.2) is 11.5 Å². The molecule has 0 saturated carbocycles. The second-order valence-corrected chi connectivity index (χ2v) is 5.70. The van der Waals surface area contributed by atoms with Crippen LogP contribution in [0.1, 0.15) is 35.3 Å². The van der Waals surface area contributed by atoms with Gasteiger partial charge >= 0.3 is 0 Å². The smallest absolute Gasteiger partial charge is 0.269 e. The zero-order valence-corrected chi connectivity index (χ0v) is 15.3. The molecule has 0 radical (unpaired) electrons. The van der Waals surface area contributed by atoms with Crippen LogP contribution in [-0.2, 0) is 11.2 Å². The van der Waals surface area contributed by atoms with Gasteiger partial charge in [-0.15, -0.1) is 0 Å². The van der Waals surface area contributed by atoms with Gasteiger partial charge in [-0.05, 0) is 50.6 Å². The van der Waals surface area contributed by atoms with Crippen molar-refractivity contribution in [1.29, 1.82) is 0 Å². The number of benzene rings is 2. The van der Waals surface area contributed by atoms with Crippen molar-refractivity contribution < 1.29 is 19.1 Å². The number of rotatable bonds is 7. The SMILES string of the molecule is CCOc1ccc(CC(=O)NNC(=O)c2cccc(C)c2)cc1OCC. The van der Waals surface area contributed by atoms with Crippen LogP contribution in [0.15, 0.2) is 42.5 Å². The molecule has 26 heavy (non-hydrogen) atoms. The normalized spacial score (nSPS) is 10.1. The van der Waals surface area contributed by atoms with Crippen LogP contribution >= 0.6 is 0 Å². The fourth-order valence-corrected chi connectivity index (χ4v) is 2.42. The van der Waals surface area contributed by atoms with E-state index in [0.717, 1.165) is 11.1 Å². The molecule has 0 saturated heterocycles. The van der Waals surface area contributed by atoms with Gasteiger partial charge in [-0.1, -0.05) is 23.8 Å². The summed E-state index contributed by atoms with van der Waals surface area (Å²) < 4.78 is 11.1. The predicted molar refractivity (Wildman–Crippen MR) is 99.3 cm³/mol. The summed E-state index contributed by atoms with van der Waals surface area (Å²) in [6.07, 6.45) is 0.112. The Hall–Kier alpha value is -3.02. The van der Waals surface area contributed by atoms with E-state index in [9.17, 15) is 9.59 Å². The maximum absolute atomic E-state index is 12.1. The summed E-state index contributed by atoms with van der Waals surface area (Å²) in [5.41, 5.74) is 7.08. The van der Waals surface area contributed by atoms with Crippen LogP contribution in [0.4, 0.5) is 0 Å². The number of ether oxygens (including phenoxy) is 2. The minimum absolute atomic E-state index is 0.112. The summed E-state index contributed by atoms with van der Waals surface area (Å²) in [7, 11) is 0. The van der Waals surface area contributed by atoms with Crippen molar-refractivity contribution in [2.75, 3.05) is 13.2 Å². The van der Waals surface area contributed by atoms with E-state index in [4.69, 9.17) is 9.47 Å². The largest absolute Gasteiger partial charge is 0.490 e. The van der Waals surface area contributed by atoms with Gasteiger partial charge in [-0.2, -0.15) is 0 Å². The number of hydrogen-bond acceptors (Lipinski definition) is 4. The van der Waals surface area contributed by atoms with Gasteiger partial charge in [-0.25, -0.2) is 0 Å². The van der Waals surface area contributed by atoms with Crippen LogP contribution in [0.25, 0.3) is 0 Å². The van der Waals surface area contributed by atoms with Gasteiger partial charge in [0.25, 0.3) is 5.91 Å². The first-order valence-corrected chi connectivity index (χ1v) is 8.57. The second-order valence-electron chi connectivity index (χ2n) is 5.70. The summed E-state index contributed by atoms with van der Waals surface area (Å²) in [6.45, 7) is 6.72. The fraction of sp³-hybridized carbons (Fsp3) is 0.300. The highest BCUT2D eigenvalue weighted by molar-refractivity contribution is 5.95. The van der Waals surface area contributed by atoms with E-state index >= 15 is 0 Å². The van der Waals surface area contributed by atoms with E-state index in [2.05, 4.69) is 10.9 Å². The number of carbonyl (C=O) groups excluding carboxylic acids is 2. The van der Waals surface area contributed by atoms with Crippen molar-refractivity contribution in [3.63, 3.8) is 0 Å². The summed E-state index contributed by atoms with van der Waals surface area (Å²) in [6, 6.07) is 12.5. The number of nitrogens with one attached hydrogen (secondary N) is 2. The van der Waals surface area contributed by atoms with Crippen LogP contribution in [0.3, 0.4) is 0 Å². The number of hydrazine groups is 1. The first kappa shape index (κ1) is 19.3. The number of hydrogen-bond donors (Lipinski definition) is 2. The topological polar surface area (TPSA) is 76.7 Å². The Morgan fingerprint density at radius 3 is 2.35 bits per heavy atom. The summed E-state index contributed by atoms with van der Waals surface area (Å²) >= 11 is 0. The lowest BCUT2D eigenvalue weighted by atomic mass is 10.1. The molecule has 0 atom stereocenters. The lowest BCUT2D eigenvalue weighted by Crippen LogP contribution is -2.42.